The second-order valence-corrected chi connectivity index (χ2v) is 4.36. The summed E-state index contributed by atoms with van der Waals surface area (Å²) in [4.78, 5) is 4.13. The smallest absolute Gasteiger partial charge is 0.367 e. The minimum Gasteiger partial charge on any atom is -0.367 e. The number of hydrogen-bond donors (Lipinski definition) is 1. The van der Waals surface area contributed by atoms with Crippen molar-refractivity contribution >= 4 is 0 Å². The van der Waals surface area contributed by atoms with E-state index in [1.165, 1.54) is 0 Å². The molecule has 8 heteroatoms. The molecule has 0 atom stereocenters. The van der Waals surface area contributed by atoms with Gasteiger partial charge in [0.2, 0.25) is 11.7 Å². The Kier molecular flexibility index (Phi) is 5.94. The fourth-order valence-electron chi connectivity index (χ4n) is 1.93. The van der Waals surface area contributed by atoms with Crippen molar-refractivity contribution in [2.75, 3.05) is 13.2 Å². The Morgan fingerprint density at radius 1 is 1.20 bits per heavy atom. The lowest BCUT2D eigenvalue weighted by Gasteiger charge is -2.27. The predicted molar refractivity (Wildman–Crippen MR) is 65.9 cm³/mol. The average Bonchev–Trinajstić information content (AvgIpc) is 2.84. The number of ether oxygens (including phenoxy) is 1. The van der Waals surface area contributed by atoms with Crippen LogP contribution in [0.5, 0.6) is 0 Å². The van der Waals surface area contributed by atoms with Gasteiger partial charge in [0.15, 0.2) is 0 Å². The molecule has 1 aromatic rings. The first-order valence-electron chi connectivity index (χ1n) is 6.61. The summed E-state index contributed by atoms with van der Waals surface area (Å²) in [5.74, 6) is 0.503. The summed E-state index contributed by atoms with van der Waals surface area (Å²) < 4.78 is 46.7. The van der Waals surface area contributed by atoms with E-state index in [2.05, 4.69) is 15.5 Å². The topological polar surface area (TPSA) is 60.2 Å². The number of hydrogen-bond acceptors (Lipinski definition) is 5. The molecule has 5 nitrogen and oxygen atoms in total. The van der Waals surface area contributed by atoms with Gasteiger partial charge < -0.3 is 14.6 Å². The Morgan fingerprint density at radius 3 is 2.35 bits per heavy atom. The summed E-state index contributed by atoms with van der Waals surface area (Å²) in [6.45, 7) is 5.03. The molecule has 1 heterocycles. The van der Waals surface area contributed by atoms with Gasteiger partial charge in [-0.2, -0.15) is 18.2 Å². The molecule has 0 spiro atoms. The lowest BCUT2D eigenvalue weighted by Crippen LogP contribution is -2.30. The van der Waals surface area contributed by atoms with Crippen molar-refractivity contribution in [2.45, 2.75) is 51.9 Å². The second kappa shape index (κ2) is 7.03. The lowest BCUT2D eigenvalue weighted by atomic mass is 9.96. The molecule has 0 saturated carbocycles. The standard InChI is InChI=1S/C12H20F3N3O2/c1-4-11(5-2,19-6-3)10-17-9(20-18-10)7-16-8-12(13,14)15/h16H,4-8H2,1-3H3. The highest BCUT2D eigenvalue weighted by molar-refractivity contribution is 5.01. The van der Waals surface area contributed by atoms with Gasteiger partial charge in [0, 0.05) is 6.61 Å². The first-order valence-corrected chi connectivity index (χ1v) is 6.61. The molecule has 116 valence electrons. The highest BCUT2D eigenvalue weighted by Gasteiger charge is 2.34. The van der Waals surface area contributed by atoms with Gasteiger partial charge in [-0.25, -0.2) is 0 Å². The summed E-state index contributed by atoms with van der Waals surface area (Å²) in [5, 5.41) is 6.04. The van der Waals surface area contributed by atoms with Crippen molar-refractivity contribution in [1.29, 1.82) is 0 Å². The van der Waals surface area contributed by atoms with E-state index in [1.54, 1.807) is 0 Å². The SMILES string of the molecule is CCOC(CC)(CC)c1noc(CNCC(F)(F)F)n1. The summed E-state index contributed by atoms with van der Waals surface area (Å²) in [6, 6.07) is 0. The van der Waals surface area contributed by atoms with E-state index in [9.17, 15) is 13.2 Å². The Labute approximate surface area is 115 Å². The molecule has 0 aliphatic rings. The molecule has 0 saturated heterocycles. The van der Waals surface area contributed by atoms with Gasteiger partial charge in [-0.05, 0) is 19.8 Å². The van der Waals surface area contributed by atoms with Crippen molar-refractivity contribution in [1.82, 2.24) is 15.5 Å². The quantitative estimate of drug-likeness (QED) is 0.799. The molecule has 0 aliphatic carbocycles. The van der Waals surface area contributed by atoms with Crippen molar-refractivity contribution in [3.8, 4) is 0 Å². The molecule has 0 bridgehead atoms. The molecule has 1 N–H and O–H groups in total. The highest BCUT2D eigenvalue weighted by Crippen LogP contribution is 2.30. The van der Waals surface area contributed by atoms with Crippen LogP contribution in [0.25, 0.3) is 0 Å². The van der Waals surface area contributed by atoms with Gasteiger partial charge in [0.25, 0.3) is 0 Å². The number of nitrogens with one attached hydrogen (secondary N) is 1. The van der Waals surface area contributed by atoms with E-state index in [0.29, 0.717) is 25.3 Å². The van der Waals surface area contributed by atoms with E-state index in [-0.39, 0.29) is 12.4 Å². The average molecular weight is 295 g/mol. The molecule has 1 aromatic heterocycles. The zero-order valence-electron chi connectivity index (χ0n) is 11.9. The van der Waals surface area contributed by atoms with Crippen molar-refractivity contribution in [3.05, 3.63) is 11.7 Å². The van der Waals surface area contributed by atoms with Crippen LogP contribution in [-0.2, 0) is 16.9 Å². The van der Waals surface area contributed by atoms with Crippen LogP contribution >= 0.6 is 0 Å². The third-order valence-electron chi connectivity index (χ3n) is 3.04. The van der Waals surface area contributed by atoms with E-state index in [4.69, 9.17) is 9.26 Å². The van der Waals surface area contributed by atoms with E-state index >= 15 is 0 Å². The number of nitrogens with zero attached hydrogens (tertiary/aromatic N) is 2. The van der Waals surface area contributed by atoms with Gasteiger partial charge in [-0.3, -0.25) is 0 Å². The van der Waals surface area contributed by atoms with Crippen LogP contribution in [0.4, 0.5) is 13.2 Å². The first-order chi connectivity index (χ1) is 9.37. The predicted octanol–water partition coefficient (Wildman–Crippen LogP) is 2.77. The minimum absolute atomic E-state index is 0.121. The molecule has 0 aromatic carbocycles. The van der Waals surface area contributed by atoms with Crippen LogP contribution in [0, 0.1) is 0 Å². The molecule has 0 aliphatic heterocycles. The van der Waals surface area contributed by atoms with Crippen molar-refractivity contribution in [2.24, 2.45) is 0 Å². The third kappa shape index (κ3) is 4.45. The molecule has 20 heavy (non-hydrogen) atoms. The molecule has 0 radical (unpaired) electrons. The highest BCUT2D eigenvalue weighted by atomic mass is 19.4. The van der Waals surface area contributed by atoms with Gasteiger partial charge in [0.1, 0.15) is 5.60 Å². The number of aromatic nitrogens is 2. The summed E-state index contributed by atoms with van der Waals surface area (Å²) >= 11 is 0. The molecular formula is C12H20F3N3O2. The Bertz CT molecular complexity index is 403. The molecule has 0 fully saturated rings. The zero-order chi connectivity index (χ0) is 15.2. The van der Waals surface area contributed by atoms with Crippen molar-refractivity contribution < 1.29 is 22.4 Å². The summed E-state index contributed by atoms with van der Waals surface area (Å²) in [7, 11) is 0. The molecule has 1 rings (SSSR count). The number of alkyl halides is 3. The van der Waals surface area contributed by atoms with E-state index in [1.807, 2.05) is 20.8 Å². The maximum absolute atomic E-state index is 12.0. The lowest BCUT2D eigenvalue weighted by molar-refractivity contribution is -0.125. The van der Waals surface area contributed by atoms with Crippen LogP contribution in [0.2, 0.25) is 0 Å². The number of rotatable bonds is 8. The second-order valence-electron chi connectivity index (χ2n) is 4.36. The van der Waals surface area contributed by atoms with Crippen LogP contribution in [0.15, 0.2) is 4.52 Å². The largest absolute Gasteiger partial charge is 0.401 e. The van der Waals surface area contributed by atoms with Crippen LogP contribution < -0.4 is 5.32 Å². The maximum atomic E-state index is 12.0. The Balaban J connectivity index is 2.70. The fourth-order valence-corrected chi connectivity index (χ4v) is 1.93. The van der Waals surface area contributed by atoms with E-state index in [0.717, 1.165) is 0 Å². The monoisotopic (exact) mass is 295 g/mol. The molecule has 0 unspecified atom stereocenters. The molecule has 0 amide bonds. The van der Waals surface area contributed by atoms with Gasteiger partial charge in [-0.15, -0.1) is 0 Å². The summed E-state index contributed by atoms with van der Waals surface area (Å²) in [6.07, 6.45) is -2.94. The van der Waals surface area contributed by atoms with Gasteiger partial charge in [-0.1, -0.05) is 19.0 Å². The van der Waals surface area contributed by atoms with Crippen LogP contribution in [0.3, 0.4) is 0 Å². The Morgan fingerprint density at radius 2 is 1.85 bits per heavy atom. The number of halogens is 3. The fraction of sp³-hybridized carbons (Fsp3) is 0.833. The van der Waals surface area contributed by atoms with Gasteiger partial charge >= 0.3 is 6.18 Å². The Hall–Kier alpha value is -1.15. The molecular weight excluding hydrogens is 275 g/mol. The summed E-state index contributed by atoms with van der Waals surface area (Å²) in [5.41, 5.74) is -0.638. The van der Waals surface area contributed by atoms with Gasteiger partial charge in [0.05, 0.1) is 13.1 Å². The van der Waals surface area contributed by atoms with Crippen LogP contribution in [-0.4, -0.2) is 29.5 Å². The third-order valence-corrected chi connectivity index (χ3v) is 3.04. The maximum Gasteiger partial charge on any atom is 0.401 e. The first kappa shape index (κ1) is 16.9. The minimum atomic E-state index is -4.26. The zero-order valence-corrected chi connectivity index (χ0v) is 11.9. The normalized spacial score (nSPS) is 12.9. The van der Waals surface area contributed by atoms with E-state index < -0.39 is 18.3 Å². The van der Waals surface area contributed by atoms with Crippen LogP contribution in [0.1, 0.15) is 45.3 Å². The van der Waals surface area contributed by atoms with Crippen molar-refractivity contribution in [3.63, 3.8) is 0 Å².